The highest BCUT2D eigenvalue weighted by Crippen LogP contribution is 2.13. The Hall–Kier alpha value is -2.87. The molecule has 0 spiro atoms. The topological polar surface area (TPSA) is 105 Å². The molecule has 0 bridgehead atoms. The zero-order chi connectivity index (χ0) is 18.6. The molecule has 1 aromatic carbocycles. The summed E-state index contributed by atoms with van der Waals surface area (Å²) in [5.41, 5.74) is 0.382. The van der Waals surface area contributed by atoms with E-state index < -0.39 is 27.7 Å². The number of furan rings is 1. The number of hydrogen-bond acceptors (Lipinski definition) is 5. The van der Waals surface area contributed by atoms with Crippen LogP contribution in [0.15, 0.2) is 58.8 Å². The van der Waals surface area contributed by atoms with Crippen LogP contribution in [0.2, 0.25) is 0 Å². The van der Waals surface area contributed by atoms with Gasteiger partial charge in [-0.2, -0.15) is 0 Å². The number of benzene rings is 1. The third-order valence-electron chi connectivity index (χ3n) is 3.93. The van der Waals surface area contributed by atoms with Crippen molar-refractivity contribution >= 4 is 27.7 Å². The van der Waals surface area contributed by atoms with Crippen LogP contribution in [-0.2, 0) is 14.6 Å². The minimum Gasteiger partial charge on any atom is -0.465 e. The van der Waals surface area contributed by atoms with Crippen LogP contribution in [0.5, 0.6) is 0 Å². The lowest BCUT2D eigenvalue weighted by molar-refractivity contribution is -0.118. The summed E-state index contributed by atoms with van der Waals surface area (Å²) in [4.78, 5) is 24.9. The molecule has 1 aliphatic heterocycles. The summed E-state index contributed by atoms with van der Waals surface area (Å²) < 4.78 is 28.3. The first-order valence-corrected chi connectivity index (χ1v) is 9.88. The maximum absolute atomic E-state index is 12.6. The van der Waals surface area contributed by atoms with Gasteiger partial charge in [0.05, 0.1) is 17.8 Å². The smallest absolute Gasteiger partial charge is 0.268 e. The molecule has 2 aromatic rings. The van der Waals surface area contributed by atoms with Crippen LogP contribution >= 0.6 is 0 Å². The molecule has 136 valence electrons. The van der Waals surface area contributed by atoms with Gasteiger partial charge in [0.1, 0.15) is 11.5 Å². The van der Waals surface area contributed by atoms with Crippen molar-refractivity contribution in [2.24, 2.45) is 0 Å². The minimum absolute atomic E-state index is 0.0156. The van der Waals surface area contributed by atoms with Gasteiger partial charge in [0.15, 0.2) is 9.84 Å². The van der Waals surface area contributed by atoms with Gasteiger partial charge in [-0.25, -0.2) is 8.42 Å². The van der Waals surface area contributed by atoms with Gasteiger partial charge in [-0.3, -0.25) is 9.59 Å². The zero-order valence-corrected chi connectivity index (χ0v) is 14.7. The van der Waals surface area contributed by atoms with Crippen LogP contribution in [0.3, 0.4) is 0 Å². The lowest BCUT2D eigenvalue weighted by Gasteiger charge is -2.14. The second kappa shape index (κ2) is 7.57. The molecule has 0 aliphatic carbocycles. The molecular formula is C18H18N2O5S. The largest absolute Gasteiger partial charge is 0.465 e. The van der Waals surface area contributed by atoms with Gasteiger partial charge < -0.3 is 15.1 Å². The molecule has 1 aromatic heterocycles. The van der Waals surface area contributed by atoms with Crippen molar-refractivity contribution in [3.63, 3.8) is 0 Å². The van der Waals surface area contributed by atoms with E-state index in [1.54, 1.807) is 42.5 Å². The third-order valence-corrected chi connectivity index (χ3v) is 5.69. The van der Waals surface area contributed by atoms with Gasteiger partial charge in [-0.15, -0.1) is 0 Å². The second-order valence-corrected chi connectivity index (χ2v) is 8.20. The van der Waals surface area contributed by atoms with E-state index >= 15 is 0 Å². The van der Waals surface area contributed by atoms with E-state index in [2.05, 4.69) is 10.6 Å². The van der Waals surface area contributed by atoms with Crippen molar-refractivity contribution in [2.45, 2.75) is 12.5 Å². The van der Waals surface area contributed by atoms with Crippen LogP contribution in [0.25, 0.3) is 6.08 Å². The van der Waals surface area contributed by atoms with Crippen molar-refractivity contribution in [3.8, 4) is 0 Å². The van der Waals surface area contributed by atoms with Crippen LogP contribution in [0.4, 0.5) is 0 Å². The Morgan fingerprint density at radius 1 is 1.12 bits per heavy atom. The van der Waals surface area contributed by atoms with Crippen molar-refractivity contribution in [1.82, 2.24) is 10.6 Å². The van der Waals surface area contributed by atoms with Gasteiger partial charge in [-0.1, -0.05) is 18.2 Å². The SMILES string of the molecule is O=C(NC1CCS(=O)(=O)C1)/C(=C/c1ccco1)NC(=O)c1ccccc1. The fourth-order valence-electron chi connectivity index (χ4n) is 2.63. The summed E-state index contributed by atoms with van der Waals surface area (Å²) in [6, 6.07) is 11.3. The molecule has 2 heterocycles. The Labute approximate surface area is 151 Å². The van der Waals surface area contributed by atoms with Crippen molar-refractivity contribution in [1.29, 1.82) is 0 Å². The molecule has 1 aliphatic rings. The van der Waals surface area contributed by atoms with E-state index in [4.69, 9.17) is 4.42 Å². The number of hydrogen-bond donors (Lipinski definition) is 2. The summed E-state index contributed by atoms with van der Waals surface area (Å²) in [6.07, 6.45) is 3.21. The number of carbonyl (C=O) groups is 2. The van der Waals surface area contributed by atoms with E-state index in [1.807, 2.05) is 0 Å². The molecule has 7 nitrogen and oxygen atoms in total. The molecule has 8 heteroatoms. The monoisotopic (exact) mass is 374 g/mol. The fraction of sp³-hybridized carbons (Fsp3) is 0.222. The van der Waals surface area contributed by atoms with Crippen molar-refractivity contribution in [2.75, 3.05) is 11.5 Å². The molecule has 3 rings (SSSR count). The van der Waals surface area contributed by atoms with Crippen LogP contribution in [-0.4, -0.2) is 37.8 Å². The number of nitrogens with one attached hydrogen (secondary N) is 2. The Bertz CT molecular complexity index is 918. The molecule has 0 radical (unpaired) electrons. The first kappa shape index (κ1) is 17.9. The minimum atomic E-state index is -3.12. The van der Waals surface area contributed by atoms with E-state index in [1.165, 1.54) is 12.3 Å². The van der Waals surface area contributed by atoms with Crippen LogP contribution in [0.1, 0.15) is 22.5 Å². The Balaban J connectivity index is 1.77. The molecule has 26 heavy (non-hydrogen) atoms. The Morgan fingerprint density at radius 3 is 2.50 bits per heavy atom. The van der Waals surface area contributed by atoms with Gasteiger partial charge in [-0.05, 0) is 30.7 Å². The fourth-order valence-corrected chi connectivity index (χ4v) is 4.30. The van der Waals surface area contributed by atoms with E-state index in [9.17, 15) is 18.0 Å². The normalized spacial score (nSPS) is 19.1. The van der Waals surface area contributed by atoms with E-state index in [0.717, 1.165) is 0 Å². The van der Waals surface area contributed by atoms with Gasteiger partial charge >= 0.3 is 0 Å². The maximum Gasteiger partial charge on any atom is 0.268 e. The first-order chi connectivity index (χ1) is 12.4. The summed E-state index contributed by atoms with van der Waals surface area (Å²) in [5.74, 6) is -0.668. The molecule has 2 N–H and O–H groups in total. The van der Waals surface area contributed by atoms with Crippen LogP contribution < -0.4 is 10.6 Å². The van der Waals surface area contributed by atoms with Crippen molar-refractivity contribution in [3.05, 3.63) is 65.7 Å². The van der Waals surface area contributed by atoms with Crippen molar-refractivity contribution < 1.29 is 22.4 Å². The molecule has 2 amide bonds. The molecule has 1 unspecified atom stereocenters. The molecule has 1 fully saturated rings. The first-order valence-electron chi connectivity index (χ1n) is 8.06. The summed E-state index contributed by atoms with van der Waals surface area (Å²) >= 11 is 0. The molecular weight excluding hydrogens is 356 g/mol. The average molecular weight is 374 g/mol. The summed E-state index contributed by atoms with van der Waals surface area (Å²) in [6.45, 7) is 0. The molecule has 1 atom stereocenters. The molecule has 0 saturated carbocycles. The zero-order valence-electron chi connectivity index (χ0n) is 13.8. The predicted molar refractivity (Wildman–Crippen MR) is 95.8 cm³/mol. The Morgan fingerprint density at radius 2 is 1.88 bits per heavy atom. The number of carbonyl (C=O) groups excluding carboxylic acids is 2. The maximum atomic E-state index is 12.6. The summed E-state index contributed by atoms with van der Waals surface area (Å²) in [5, 5.41) is 5.23. The second-order valence-electron chi connectivity index (χ2n) is 5.97. The highest BCUT2D eigenvalue weighted by molar-refractivity contribution is 7.91. The lowest BCUT2D eigenvalue weighted by Crippen LogP contribution is -2.41. The van der Waals surface area contributed by atoms with E-state index in [-0.39, 0.29) is 17.2 Å². The van der Waals surface area contributed by atoms with Gasteiger partial charge in [0.25, 0.3) is 11.8 Å². The van der Waals surface area contributed by atoms with Crippen LogP contribution in [0, 0.1) is 0 Å². The van der Waals surface area contributed by atoms with Gasteiger partial charge in [0.2, 0.25) is 0 Å². The number of rotatable bonds is 5. The molecule has 1 saturated heterocycles. The highest BCUT2D eigenvalue weighted by atomic mass is 32.2. The lowest BCUT2D eigenvalue weighted by atomic mass is 10.2. The Kier molecular flexibility index (Phi) is 5.22. The average Bonchev–Trinajstić information content (AvgIpc) is 3.24. The quantitative estimate of drug-likeness (QED) is 0.769. The number of sulfone groups is 1. The summed E-state index contributed by atoms with van der Waals surface area (Å²) in [7, 11) is -3.12. The van der Waals surface area contributed by atoms with E-state index in [0.29, 0.717) is 17.7 Å². The highest BCUT2D eigenvalue weighted by Gasteiger charge is 2.30. The predicted octanol–water partition coefficient (Wildman–Crippen LogP) is 1.35. The third kappa shape index (κ3) is 4.60. The van der Waals surface area contributed by atoms with Gasteiger partial charge in [0, 0.05) is 17.7 Å². The standard InChI is InChI=1S/C18H18N2O5S/c21-17(13-5-2-1-3-6-13)20-16(11-15-7-4-9-25-15)18(22)19-14-8-10-26(23,24)12-14/h1-7,9,11,14H,8,10,12H2,(H,19,22)(H,20,21)/b16-11-. The number of amides is 2.